The van der Waals surface area contributed by atoms with E-state index in [9.17, 15) is 0 Å². The SMILES string of the molecule is c1ccc(-c2ccc3c4ccccc4n(-c4ccc5oc6c(-c7nc(-c8ccccc8)nc(-n8c9ccccc9c9ccccc98)n7)cccc6c5c4)c3c2)cc1. The van der Waals surface area contributed by atoms with Crippen LogP contribution >= 0.6 is 0 Å². The third-order valence-corrected chi connectivity index (χ3v) is 11.2. The first kappa shape index (κ1) is 31.5. The van der Waals surface area contributed by atoms with E-state index in [4.69, 9.17) is 19.4 Å². The molecule has 4 aromatic heterocycles. The van der Waals surface area contributed by atoms with Crippen LogP contribution in [-0.2, 0) is 0 Å². The number of fused-ring (bicyclic) bond motifs is 9. The molecule has 0 unspecified atom stereocenters. The molecule has 0 saturated heterocycles. The first-order chi connectivity index (χ1) is 28.3. The van der Waals surface area contributed by atoms with Crippen molar-refractivity contribution in [3.63, 3.8) is 0 Å². The minimum absolute atomic E-state index is 0.543. The Morgan fingerprint density at radius 3 is 1.63 bits per heavy atom. The van der Waals surface area contributed by atoms with E-state index in [-0.39, 0.29) is 0 Å². The lowest BCUT2D eigenvalue weighted by atomic mass is 10.0. The molecule has 0 atom stereocenters. The minimum Gasteiger partial charge on any atom is -0.455 e. The molecule has 0 radical (unpaired) electrons. The molecule has 0 saturated carbocycles. The summed E-state index contributed by atoms with van der Waals surface area (Å²) in [6, 6.07) is 65.6. The van der Waals surface area contributed by atoms with E-state index in [1.54, 1.807) is 0 Å². The first-order valence-electron chi connectivity index (χ1n) is 19.1. The van der Waals surface area contributed by atoms with Gasteiger partial charge in [-0.3, -0.25) is 4.57 Å². The van der Waals surface area contributed by atoms with Gasteiger partial charge in [0.2, 0.25) is 5.95 Å². The van der Waals surface area contributed by atoms with Crippen molar-refractivity contribution in [1.29, 1.82) is 0 Å². The Morgan fingerprint density at radius 1 is 0.351 bits per heavy atom. The van der Waals surface area contributed by atoms with Crippen LogP contribution in [0.4, 0.5) is 0 Å². The molecular formula is C51H31N5O. The minimum atomic E-state index is 0.543. The van der Waals surface area contributed by atoms with Gasteiger partial charge in [-0.1, -0.05) is 140 Å². The van der Waals surface area contributed by atoms with Crippen molar-refractivity contribution in [1.82, 2.24) is 24.1 Å². The standard InChI is InChI=1S/C51H31N5O/c1-3-14-32(15-4-1)34-26-28-39-38-20-7-10-23-43(38)55(46(39)30-34)35-27-29-47-42(31-35)40-21-13-22-41(48(40)57-47)50-52-49(33-16-5-2-6-17-33)53-51(54-50)56-44-24-11-8-18-36(44)37-19-9-12-25-45(37)56/h1-31H. The molecule has 0 fully saturated rings. The number of para-hydroxylation sites is 4. The summed E-state index contributed by atoms with van der Waals surface area (Å²) in [7, 11) is 0. The number of aromatic nitrogens is 5. The van der Waals surface area contributed by atoms with Crippen LogP contribution < -0.4 is 0 Å². The van der Waals surface area contributed by atoms with Crippen molar-refractivity contribution in [2.24, 2.45) is 0 Å². The van der Waals surface area contributed by atoms with Gasteiger partial charge >= 0.3 is 0 Å². The summed E-state index contributed by atoms with van der Waals surface area (Å²) >= 11 is 0. The van der Waals surface area contributed by atoms with Gasteiger partial charge in [0.05, 0.1) is 27.6 Å². The smallest absolute Gasteiger partial charge is 0.238 e. The number of hydrogen-bond donors (Lipinski definition) is 0. The van der Waals surface area contributed by atoms with Crippen molar-refractivity contribution >= 4 is 65.6 Å². The lowest BCUT2D eigenvalue weighted by molar-refractivity contribution is 0.669. The van der Waals surface area contributed by atoms with Gasteiger partial charge < -0.3 is 8.98 Å². The number of rotatable bonds is 5. The fourth-order valence-electron chi connectivity index (χ4n) is 8.60. The van der Waals surface area contributed by atoms with Crippen molar-refractivity contribution in [2.75, 3.05) is 0 Å². The predicted molar refractivity (Wildman–Crippen MR) is 232 cm³/mol. The predicted octanol–water partition coefficient (Wildman–Crippen LogP) is 13.0. The normalized spacial score (nSPS) is 11.9. The molecule has 0 aliphatic rings. The molecule has 57 heavy (non-hydrogen) atoms. The molecule has 8 aromatic carbocycles. The molecule has 6 heteroatoms. The summed E-state index contributed by atoms with van der Waals surface area (Å²) in [6.07, 6.45) is 0. The summed E-state index contributed by atoms with van der Waals surface area (Å²) in [5.74, 6) is 1.68. The third-order valence-electron chi connectivity index (χ3n) is 11.2. The van der Waals surface area contributed by atoms with E-state index in [1.165, 1.54) is 21.9 Å². The Balaban J connectivity index is 1.07. The number of furan rings is 1. The Morgan fingerprint density at radius 2 is 0.930 bits per heavy atom. The van der Waals surface area contributed by atoms with Crippen molar-refractivity contribution < 1.29 is 4.42 Å². The second-order valence-electron chi connectivity index (χ2n) is 14.4. The van der Waals surface area contributed by atoms with Gasteiger partial charge in [0.15, 0.2) is 11.6 Å². The zero-order chi connectivity index (χ0) is 37.5. The topological polar surface area (TPSA) is 61.7 Å². The summed E-state index contributed by atoms with van der Waals surface area (Å²) in [5, 5.41) is 6.74. The lowest BCUT2D eigenvalue weighted by Crippen LogP contribution is -2.06. The van der Waals surface area contributed by atoms with Gasteiger partial charge in [0.1, 0.15) is 11.2 Å². The highest BCUT2D eigenvalue weighted by molar-refractivity contribution is 6.13. The number of hydrogen-bond acceptors (Lipinski definition) is 4. The van der Waals surface area contributed by atoms with Gasteiger partial charge in [-0.2, -0.15) is 9.97 Å². The van der Waals surface area contributed by atoms with Gasteiger partial charge in [-0.25, -0.2) is 4.98 Å². The Kier molecular flexibility index (Phi) is 6.83. The highest BCUT2D eigenvalue weighted by Crippen LogP contribution is 2.40. The zero-order valence-electron chi connectivity index (χ0n) is 30.5. The zero-order valence-corrected chi connectivity index (χ0v) is 30.5. The Hall–Kier alpha value is -7.83. The maximum absolute atomic E-state index is 6.76. The first-order valence-corrected chi connectivity index (χ1v) is 19.1. The fourth-order valence-corrected chi connectivity index (χ4v) is 8.60. The second kappa shape index (κ2) is 12.3. The van der Waals surface area contributed by atoms with Crippen LogP contribution in [0.25, 0.3) is 111 Å². The van der Waals surface area contributed by atoms with E-state index in [2.05, 4.69) is 161 Å². The maximum atomic E-state index is 6.76. The largest absolute Gasteiger partial charge is 0.455 e. The molecular weight excluding hydrogens is 699 g/mol. The average Bonchev–Trinajstić information content (AvgIpc) is 3.94. The fraction of sp³-hybridized carbons (Fsp3) is 0. The quantitative estimate of drug-likeness (QED) is 0.177. The van der Waals surface area contributed by atoms with Crippen LogP contribution in [0.2, 0.25) is 0 Å². The van der Waals surface area contributed by atoms with Crippen LogP contribution in [-0.4, -0.2) is 24.1 Å². The number of benzene rings is 8. The summed E-state index contributed by atoms with van der Waals surface area (Å²) in [6.45, 7) is 0. The van der Waals surface area contributed by atoms with Crippen molar-refractivity contribution in [3.05, 3.63) is 188 Å². The molecule has 12 aromatic rings. The van der Waals surface area contributed by atoms with E-state index < -0.39 is 0 Å². The third kappa shape index (κ3) is 4.87. The van der Waals surface area contributed by atoms with E-state index in [0.29, 0.717) is 17.6 Å². The van der Waals surface area contributed by atoms with Gasteiger partial charge in [-0.15, -0.1) is 0 Å². The summed E-state index contributed by atoms with van der Waals surface area (Å²) in [4.78, 5) is 15.5. The van der Waals surface area contributed by atoms with Crippen molar-refractivity contribution in [3.8, 4) is 45.5 Å². The van der Waals surface area contributed by atoms with Gasteiger partial charge in [-0.05, 0) is 59.7 Å². The number of nitrogens with zero attached hydrogens (tertiary/aromatic N) is 5. The molecule has 266 valence electrons. The Bertz CT molecular complexity index is 3470. The molecule has 0 aliphatic carbocycles. The molecule has 0 bridgehead atoms. The molecule has 0 N–H and O–H groups in total. The summed E-state index contributed by atoms with van der Waals surface area (Å²) in [5.41, 5.74) is 11.0. The molecule has 12 rings (SSSR count). The highest BCUT2D eigenvalue weighted by atomic mass is 16.3. The molecule has 0 spiro atoms. The second-order valence-corrected chi connectivity index (χ2v) is 14.4. The molecule has 6 nitrogen and oxygen atoms in total. The highest BCUT2D eigenvalue weighted by Gasteiger charge is 2.21. The van der Waals surface area contributed by atoms with Crippen LogP contribution in [0.5, 0.6) is 0 Å². The van der Waals surface area contributed by atoms with E-state index >= 15 is 0 Å². The van der Waals surface area contributed by atoms with Crippen LogP contribution in [0, 0.1) is 0 Å². The van der Waals surface area contributed by atoms with Crippen LogP contribution in [0.3, 0.4) is 0 Å². The lowest BCUT2D eigenvalue weighted by Gasteiger charge is -2.11. The van der Waals surface area contributed by atoms with Crippen LogP contribution in [0.15, 0.2) is 192 Å². The van der Waals surface area contributed by atoms with Crippen molar-refractivity contribution in [2.45, 2.75) is 0 Å². The maximum Gasteiger partial charge on any atom is 0.238 e. The summed E-state index contributed by atoms with van der Waals surface area (Å²) < 4.78 is 11.3. The monoisotopic (exact) mass is 729 g/mol. The average molecular weight is 730 g/mol. The van der Waals surface area contributed by atoms with E-state index in [0.717, 1.165) is 71.6 Å². The molecule has 0 amide bonds. The Labute approximate surface area is 326 Å². The molecule has 0 aliphatic heterocycles. The van der Waals surface area contributed by atoms with Gasteiger partial charge in [0, 0.05) is 43.6 Å². The molecule has 4 heterocycles. The van der Waals surface area contributed by atoms with Crippen LogP contribution in [0.1, 0.15) is 0 Å². The van der Waals surface area contributed by atoms with Gasteiger partial charge in [0.25, 0.3) is 0 Å². The van der Waals surface area contributed by atoms with E-state index in [1.807, 2.05) is 36.4 Å².